The highest BCUT2D eigenvalue weighted by molar-refractivity contribution is 5.41. The van der Waals surface area contributed by atoms with Gasteiger partial charge in [-0.05, 0) is 31.5 Å². The van der Waals surface area contributed by atoms with Gasteiger partial charge in [0.2, 0.25) is 0 Å². The number of hydrogen-bond acceptors (Lipinski definition) is 3. The molecule has 0 bridgehead atoms. The molecule has 20 heavy (non-hydrogen) atoms. The molecule has 0 saturated heterocycles. The van der Waals surface area contributed by atoms with E-state index in [-0.39, 0.29) is 12.1 Å². The lowest BCUT2D eigenvalue weighted by Gasteiger charge is -2.35. The van der Waals surface area contributed by atoms with Gasteiger partial charge >= 0.3 is 0 Å². The minimum Gasteiger partial charge on any atom is -0.391 e. The molecule has 1 aromatic carbocycles. The summed E-state index contributed by atoms with van der Waals surface area (Å²) in [6.07, 6.45) is 4.15. The Labute approximate surface area is 121 Å². The van der Waals surface area contributed by atoms with Crippen LogP contribution in [0.4, 0.5) is 0 Å². The fourth-order valence-electron chi connectivity index (χ4n) is 2.92. The SMILES string of the molecule is CN(Cc1ccccc1C#CCN)C1CCCCC1O. The number of nitrogens with zero attached hydrogens (tertiary/aromatic N) is 1. The minimum absolute atomic E-state index is 0.198. The fourth-order valence-corrected chi connectivity index (χ4v) is 2.92. The maximum absolute atomic E-state index is 10.1. The van der Waals surface area contributed by atoms with Crippen LogP contribution in [0.5, 0.6) is 0 Å². The molecule has 0 amide bonds. The summed E-state index contributed by atoms with van der Waals surface area (Å²) < 4.78 is 0. The van der Waals surface area contributed by atoms with Gasteiger partial charge in [0.1, 0.15) is 0 Å². The molecule has 0 spiro atoms. The van der Waals surface area contributed by atoms with Gasteiger partial charge in [-0.15, -0.1) is 0 Å². The van der Waals surface area contributed by atoms with Crippen LogP contribution in [-0.2, 0) is 6.54 Å². The summed E-state index contributed by atoms with van der Waals surface area (Å²) in [5, 5.41) is 10.1. The van der Waals surface area contributed by atoms with E-state index in [1.54, 1.807) is 0 Å². The average Bonchev–Trinajstić information content (AvgIpc) is 2.46. The number of aliphatic hydroxyl groups is 1. The monoisotopic (exact) mass is 272 g/mol. The average molecular weight is 272 g/mol. The molecule has 2 unspecified atom stereocenters. The largest absolute Gasteiger partial charge is 0.391 e. The quantitative estimate of drug-likeness (QED) is 0.824. The van der Waals surface area contributed by atoms with Crippen LogP contribution in [0.25, 0.3) is 0 Å². The Balaban J connectivity index is 2.09. The molecule has 2 rings (SSSR count). The van der Waals surface area contributed by atoms with Crippen LogP contribution >= 0.6 is 0 Å². The van der Waals surface area contributed by atoms with E-state index in [9.17, 15) is 5.11 Å². The van der Waals surface area contributed by atoms with Crippen molar-refractivity contribution >= 4 is 0 Å². The van der Waals surface area contributed by atoms with Crippen molar-refractivity contribution in [2.75, 3.05) is 13.6 Å². The Hall–Kier alpha value is -1.34. The first kappa shape index (κ1) is 15.1. The van der Waals surface area contributed by atoms with Crippen LogP contribution in [-0.4, -0.2) is 35.7 Å². The molecule has 1 saturated carbocycles. The number of hydrogen-bond donors (Lipinski definition) is 2. The molecule has 1 aliphatic carbocycles. The molecule has 3 nitrogen and oxygen atoms in total. The smallest absolute Gasteiger partial charge is 0.0695 e. The summed E-state index contributed by atoms with van der Waals surface area (Å²) in [5.74, 6) is 6.04. The number of likely N-dealkylation sites (N-methyl/N-ethyl adjacent to an activating group) is 1. The normalized spacial score (nSPS) is 22.4. The predicted octanol–water partition coefficient (Wildman–Crippen LogP) is 1.73. The maximum atomic E-state index is 10.1. The van der Waals surface area contributed by atoms with Gasteiger partial charge < -0.3 is 10.8 Å². The van der Waals surface area contributed by atoms with Gasteiger partial charge in [-0.25, -0.2) is 0 Å². The Morgan fingerprint density at radius 1 is 1.30 bits per heavy atom. The van der Waals surface area contributed by atoms with Crippen LogP contribution in [0.3, 0.4) is 0 Å². The van der Waals surface area contributed by atoms with Gasteiger partial charge in [0.05, 0.1) is 12.6 Å². The molecule has 2 atom stereocenters. The third kappa shape index (κ3) is 3.83. The van der Waals surface area contributed by atoms with Crippen molar-refractivity contribution in [1.82, 2.24) is 4.90 Å². The molecule has 3 N–H and O–H groups in total. The lowest BCUT2D eigenvalue weighted by atomic mass is 9.91. The molecular weight excluding hydrogens is 248 g/mol. The topological polar surface area (TPSA) is 49.5 Å². The molecule has 1 aliphatic rings. The van der Waals surface area contributed by atoms with Crippen molar-refractivity contribution in [3.8, 4) is 11.8 Å². The zero-order valence-corrected chi connectivity index (χ0v) is 12.2. The van der Waals surface area contributed by atoms with E-state index in [0.29, 0.717) is 6.54 Å². The number of aliphatic hydroxyl groups excluding tert-OH is 1. The number of rotatable bonds is 3. The Bertz CT molecular complexity index is 489. The van der Waals surface area contributed by atoms with E-state index < -0.39 is 0 Å². The second-order valence-electron chi connectivity index (χ2n) is 5.50. The van der Waals surface area contributed by atoms with Crippen molar-refractivity contribution in [1.29, 1.82) is 0 Å². The zero-order chi connectivity index (χ0) is 14.4. The van der Waals surface area contributed by atoms with Crippen LogP contribution in [0.15, 0.2) is 24.3 Å². The molecule has 1 fully saturated rings. The van der Waals surface area contributed by atoms with Crippen molar-refractivity contribution in [2.24, 2.45) is 5.73 Å². The summed E-state index contributed by atoms with van der Waals surface area (Å²) in [6, 6.07) is 8.43. The van der Waals surface area contributed by atoms with Crippen molar-refractivity contribution in [2.45, 2.75) is 44.4 Å². The summed E-state index contributed by atoms with van der Waals surface area (Å²) in [5.41, 5.74) is 7.69. The Morgan fingerprint density at radius 2 is 2.05 bits per heavy atom. The molecule has 0 heterocycles. The fraction of sp³-hybridized carbons (Fsp3) is 0.529. The van der Waals surface area contributed by atoms with Gasteiger partial charge in [0, 0.05) is 18.2 Å². The van der Waals surface area contributed by atoms with Crippen LogP contribution in [0, 0.1) is 11.8 Å². The van der Waals surface area contributed by atoms with E-state index in [2.05, 4.69) is 29.9 Å². The highest BCUT2D eigenvalue weighted by Crippen LogP contribution is 2.24. The Morgan fingerprint density at radius 3 is 2.80 bits per heavy atom. The van der Waals surface area contributed by atoms with Gasteiger partial charge in [0.25, 0.3) is 0 Å². The van der Waals surface area contributed by atoms with Crippen LogP contribution in [0.1, 0.15) is 36.8 Å². The Kier molecular flexibility index (Phi) is 5.60. The highest BCUT2D eigenvalue weighted by Gasteiger charge is 2.26. The summed E-state index contributed by atoms with van der Waals surface area (Å²) in [7, 11) is 2.09. The van der Waals surface area contributed by atoms with Crippen LogP contribution < -0.4 is 5.73 Å². The van der Waals surface area contributed by atoms with E-state index in [1.165, 1.54) is 12.0 Å². The lowest BCUT2D eigenvalue weighted by molar-refractivity contribution is 0.0288. The number of benzene rings is 1. The molecule has 108 valence electrons. The molecule has 0 aliphatic heterocycles. The van der Waals surface area contributed by atoms with E-state index >= 15 is 0 Å². The standard InChI is InChI=1S/C17H24N2O/c1-19(16-10-4-5-11-17(16)20)13-15-8-3-2-7-14(15)9-6-12-18/h2-3,7-8,16-17,20H,4-5,10-13,18H2,1H3. The second kappa shape index (κ2) is 7.44. The lowest BCUT2D eigenvalue weighted by Crippen LogP contribution is -2.42. The molecule has 1 aromatic rings. The van der Waals surface area contributed by atoms with Gasteiger partial charge in [-0.1, -0.05) is 42.9 Å². The first-order chi connectivity index (χ1) is 9.72. The third-order valence-corrected chi connectivity index (χ3v) is 4.02. The second-order valence-corrected chi connectivity index (χ2v) is 5.50. The van der Waals surface area contributed by atoms with Crippen LogP contribution in [0.2, 0.25) is 0 Å². The highest BCUT2D eigenvalue weighted by atomic mass is 16.3. The first-order valence-electron chi connectivity index (χ1n) is 7.37. The van der Waals surface area contributed by atoms with Crippen molar-refractivity contribution in [3.05, 3.63) is 35.4 Å². The van der Waals surface area contributed by atoms with Gasteiger partial charge in [-0.2, -0.15) is 0 Å². The van der Waals surface area contributed by atoms with Crippen molar-refractivity contribution < 1.29 is 5.11 Å². The molecule has 0 radical (unpaired) electrons. The summed E-state index contributed by atoms with van der Waals surface area (Å²) in [4.78, 5) is 2.26. The molecule has 3 heteroatoms. The molecule has 0 aromatic heterocycles. The maximum Gasteiger partial charge on any atom is 0.0695 e. The minimum atomic E-state index is -0.198. The van der Waals surface area contributed by atoms with E-state index in [1.807, 2.05) is 18.2 Å². The number of nitrogens with two attached hydrogens (primary N) is 1. The van der Waals surface area contributed by atoms with E-state index in [0.717, 1.165) is 31.4 Å². The predicted molar refractivity (Wildman–Crippen MR) is 82.1 cm³/mol. The summed E-state index contributed by atoms with van der Waals surface area (Å²) in [6.45, 7) is 1.20. The van der Waals surface area contributed by atoms with Crippen molar-refractivity contribution in [3.63, 3.8) is 0 Å². The zero-order valence-electron chi connectivity index (χ0n) is 12.2. The van der Waals surface area contributed by atoms with E-state index in [4.69, 9.17) is 5.73 Å². The van der Waals surface area contributed by atoms with Gasteiger partial charge in [0.15, 0.2) is 0 Å². The molecular formula is C17H24N2O. The van der Waals surface area contributed by atoms with Gasteiger partial charge in [-0.3, -0.25) is 4.90 Å². The summed E-state index contributed by atoms with van der Waals surface area (Å²) >= 11 is 0. The first-order valence-corrected chi connectivity index (χ1v) is 7.37. The third-order valence-electron chi connectivity index (χ3n) is 4.02.